The summed E-state index contributed by atoms with van der Waals surface area (Å²) in [5, 5.41) is 2.65. The van der Waals surface area contributed by atoms with E-state index in [1.54, 1.807) is 26.0 Å². The number of benzene rings is 1. The van der Waals surface area contributed by atoms with E-state index in [0.29, 0.717) is 28.3 Å². The van der Waals surface area contributed by atoms with Gasteiger partial charge in [-0.05, 0) is 51.0 Å². The van der Waals surface area contributed by atoms with E-state index in [4.69, 9.17) is 9.47 Å². The number of nitrogens with one attached hydrogen (secondary N) is 2. The summed E-state index contributed by atoms with van der Waals surface area (Å²) < 4.78 is 10.3. The molecule has 0 radical (unpaired) electrons. The predicted octanol–water partition coefficient (Wildman–Crippen LogP) is 2.95. The molecule has 1 heterocycles. The number of ether oxygens (including phenoxy) is 2. The van der Waals surface area contributed by atoms with E-state index in [1.165, 1.54) is 14.0 Å². The Hall–Kier alpha value is -3.09. The smallest absolute Gasteiger partial charge is 0.355 e. The van der Waals surface area contributed by atoms with Crippen LogP contribution in [0.25, 0.3) is 0 Å². The van der Waals surface area contributed by atoms with Crippen LogP contribution in [0.1, 0.15) is 44.6 Å². The number of carbonyl (C=O) groups is 3. The van der Waals surface area contributed by atoms with Crippen molar-refractivity contribution in [3.05, 3.63) is 46.3 Å². The number of methoxy groups -OCH3 is 1. The molecule has 2 rings (SSSR count). The third-order valence-corrected chi connectivity index (χ3v) is 3.96. The maximum absolute atomic E-state index is 12.2. The van der Waals surface area contributed by atoms with Crippen molar-refractivity contribution in [3.63, 3.8) is 0 Å². The van der Waals surface area contributed by atoms with Crippen LogP contribution in [-0.2, 0) is 9.53 Å². The third-order valence-electron chi connectivity index (χ3n) is 3.96. The summed E-state index contributed by atoms with van der Waals surface area (Å²) in [6.45, 7) is 6.23. The zero-order chi connectivity index (χ0) is 19.4. The van der Waals surface area contributed by atoms with Crippen molar-refractivity contribution in [2.24, 2.45) is 0 Å². The van der Waals surface area contributed by atoms with Crippen molar-refractivity contribution in [2.75, 3.05) is 19.0 Å². The number of hydrogen-bond donors (Lipinski definition) is 2. The number of amides is 1. The monoisotopic (exact) mass is 358 g/mol. The van der Waals surface area contributed by atoms with Crippen LogP contribution < -0.4 is 10.1 Å². The number of Topliss-reactive ketones (excluding diaryl/α,β-unsaturated/α-hetero) is 1. The first-order valence-electron chi connectivity index (χ1n) is 8.06. The number of carbonyl (C=O) groups excluding carboxylic acids is 3. The van der Waals surface area contributed by atoms with Crippen molar-refractivity contribution in [2.45, 2.75) is 27.7 Å². The maximum atomic E-state index is 12.2. The third kappa shape index (κ3) is 4.11. The van der Waals surface area contributed by atoms with Gasteiger partial charge in [0.05, 0.1) is 12.8 Å². The highest BCUT2D eigenvalue weighted by Gasteiger charge is 2.21. The Morgan fingerprint density at radius 3 is 2.42 bits per heavy atom. The zero-order valence-corrected chi connectivity index (χ0v) is 15.5. The Morgan fingerprint density at radius 1 is 1.15 bits per heavy atom. The average Bonchev–Trinajstić information content (AvgIpc) is 2.87. The standard InChI is InChI=1S/C19H22N2O5/c1-10-6-7-15(25-5)14(8-10)21-16(23)9-26-19(24)18-11(2)17(13(4)22)12(3)20-18/h6-8,20H,9H2,1-5H3,(H,21,23). The molecule has 0 spiro atoms. The average molecular weight is 358 g/mol. The highest BCUT2D eigenvalue weighted by atomic mass is 16.5. The number of H-pyrrole nitrogens is 1. The lowest BCUT2D eigenvalue weighted by Crippen LogP contribution is -2.21. The zero-order valence-electron chi connectivity index (χ0n) is 15.5. The molecule has 1 aromatic heterocycles. The van der Waals surface area contributed by atoms with Gasteiger partial charge >= 0.3 is 5.97 Å². The van der Waals surface area contributed by atoms with E-state index >= 15 is 0 Å². The van der Waals surface area contributed by atoms with Crippen molar-refractivity contribution < 1.29 is 23.9 Å². The first-order chi connectivity index (χ1) is 12.2. The molecular formula is C19H22N2O5. The van der Waals surface area contributed by atoms with Crippen molar-refractivity contribution >= 4 is 23.3 Å². The molecule has 1 amide bonds. The summed E-state index contributed by atoms with van der Waals surface area (Å²) in [7, 11) is 1.50. The van der Waals surface area contributed by atoms with Crippen LogP contribution in [0, 0.1) is 20.8 Å². The van der Waals surface area contributed by atoms with E-state index in [0.717, 1.165) is 5.56 Å². The van der Waals surface area contributed by atoms with Gasteiger partial charge in [-0.1, -0.05) is 6.07 Å². The molecule has 0 bridgehead atoms. The number of anilines is 1. The number of rotatable bonds is 6. The van der Waals surface area contributed by atoms with E-state index in [-0.39, 0.29) is 11.5 Å². The number of esters is 1. The van der Waals surface area contributed by atoms with Gasteiger partial charge in [0.2, 0.25) is 0 Å². The summed E-state index contributed by atoms with van der Waals surface area (Å²) in [5.74, 6) is -0.809. The fourth-order valence-corrected chi connectivity index (χ4v) is 2.79. The lowest BCUT2D eigenvalue weighted by atomic mass is 10.1. The topological polar surface area (TPSA) is 97.5 Å². The molecule has 138 valence electrons. The number of aryl methyl sites for hydroxylation is 2. The van der Waals surface area contributed by atoms with Crippen molar-refractivity contribution in [1.82, 2.24) is 4.98 Å². The fraction of sp³-hybridized carbons (Fsp3) is 0.316. The lowest BCUT2D eigenvalue weighted by molar-refractivity contribution is -0.119. The van der Waals surface area contributed by atoms with Gasteiger partial charge in [0.15, 0.2) is 12.4 Å². The number of ketones is 1. The van der Waals surface area contributed by atoms with E-state index in [1.807, 2.05) is 13.0 Å². The lowest BCUT2D eigenvalue weighted by Gasteiger charge is -2.11. The molecule has 0 aliphatic carbocycles. The van der Waals surface area contributed by atoms with Gasteiger partial charge in [0, 0.05) is 11.3 Å². The minimum absolute atomic E-state index is 0.139. The second kappa shape index (κ2) is 7.86. The van der Waals surface area contributed by atoms with Gasteiger partial charge in [-0.25, -0.2) is 4.79 Å². The van der Waals surface area contributed by atoms with Gasteiger partial charge in [0.1, 0.15) is 11.4 Å². The maximum Gasteiger partial charge on any atom is 0.355 e. The molecule has 2 aromatic rings. The second-order valence-electron chi connectivity index (χ2n) is 6.01. The highest BCUT2D eigenvalue weighted by Crippen LogP contribution is 2.25. The molecule has 0 saturated carbocycles. The summed E-state index contributed by atoms with van der Waals surface area (Å²) in [6.07, 6.45) is 0. The van der Waals surface area contributed by atoms with Crippen LogP contribution in [0.5, 0.6) is 5.75 Å². The van der Waals surface area contributed by atoms with Crippen LogP contribution in [0.3, 0.4) is 0 Å². The van der Waals surface area contributed by atoms with Crippen LogP contribution in [0.15, 0.2) is 18.2 Å². The molecule has 0 atom stereocenters. The van der Waals surface area contributed by atoms with Crippen molar-refractivity contribution in [3.8, 4) is 5.75 Å². The Kier molecular flexibility index (Phi) is 5.82. The van der Waals surface area contributed by atoms with Gasteiger partial charge in [-0.15, -0.1) is 0 Å². The molecule has 0 aliphatic heterocycles. The van der Waals surface area contributed by atoms with Gasteiger partial charge in [0.25, 0.3) is 5.91 Å². The van der Waals surface area contributed by atoms with Crippen LogP contribution in [0.2, 0.25) is 0 Å². The van der Waals surface area contributed by atoms with Gasteiger partial charge < -0.3 is 19.8 Å². The molecule has 2 N–H and O–H groups in total. The summed E-state index contributed by atoms with van der Waals surface area (Å²) >= 11 is 0. The molecule has 0 unspecified atom stereocenters. The second-order valence-corrected chi connectivity index (χ2v) is 6.01. The minimum Gasteiger partial charge on any atom is -0.495 e. The number of aromatic nitrogens is 1. The molecule has 26 heavy (non-hydrogen) atoms. The van der Waals surface area contributed by atoms with E-state index in [2.05, 4.69) is 10.3 Å². The van der Waals surface area contributed by atoms with Crippen LogP contribution in [0.4, 0.5) is 5.69 Å². The Balaban J connectivity index is 2.04. The van der Waals surface area contributed by atoms with E-state index < -0.39 is 18.5 Å². The van der Waals surface area contributed by atoms with Crippen molar-refractivity contribution in [1.29, 1.82) is 0 Å². The Morgan fingerprint density at radius 2 is 1.85 bits per heavy atom. The van der Waals surface area contributed by atoms with Crippen LogP contribution >= 0.6 is 0 Å². The molecule has 0 saturated heterocycles. The van der Waals surface area contributed by atoms with E-state index in [9.17, 15) is 14.4 Å². The fourth-order valence-electron chi connectivity index (χ4n) is 2.79. The minimum atomic E-state index is -0.690. The molecule has 0 fully saturated rings. The summed E-state index contributed by atoms with van der Waals surface area (Å²) in [4.78, 5) is 38.8. The molecular weight excluding hydrogens is 336 g/mol. The number of hydrogen-bond acceptors (Lipinski definition) is 5. The Bertz CT molecular complexity index is 867. The van der Waals surface area contributed by atoms with Gasteiger partial charge in [-0.2, -0.15) is 0 Å². The SMILES string of the molecule is COc1ccc(C)cc1NC(=O)COC(=O)c1[nH]c(C)c(C(C)=O)c1C. The predicted molar refractivity (Wildman–Crippen MR) is 96.9 cm³/mol. The molecule has 7 heteroatoms. The van der Waals surface area contributed by atoms with Crippen LogP contribution in [-0.4, -0.2) is 36.4 Å². The first-order valence-corrected chi connectivity index (χ1v) is 8.06. The molecule has 0 aliphatic rings. The first kappa shape index (κ1) is 19.2. The largest absolute Gasteiger partial charge is 0.495 e. The quantitative estimate of drug-likeness (QED) is 0.611. The summed E-state index contributed by atoms with van der Waals surface area (Å²) in [5.41, 5.74) is 3.20. The number of aromatic amines is 1. The van der Waals surface area contributed by atoms with Gasteiger partial charge in [-0.3, -0.25) is 9.59 Å². The molecule has 7 nitrogen and oxygen atoms in total. The normalized spacial score (nSPS) is 10.3. The highest BCUT2D eigenvalue weighted by molar-refractivity contribution is 6.02. The summed E-state index contributed by atoms with van der Waals surface area (Å²) in [6, 6.07) is 5.36. The molecule has 1 aromatic carbocycles. The Labute approximate surface area is 151 Å².